The van der Waals surface area contributed by atoms with Crippen LogP contribution in [0.2, 0.25) is 0 Å². The minimum atomic E-state index is -0.325. The van der Waals surface area contributed by atoms with Crippen molar-refractivity contribution in [2.75, 3.05) is 5.32 Å². The minimum absolute atomic E-state index is 0.110. The van der Waals surface area contributed by atoms with Crippen LogP contribution in [-0.2, 0) is 0 Å². The van der Waals surface area contributed by atoms with Crippen LogP contribution in [0.15, 0.2) is 72.8 Å². The Bertz CT molecular complexity index is 1160. The normalized spacial score (nSPS) is 11.8. The topological polar surface area (TPSA) is 60.1 Å². The van der Waals surface area contributed by atoms with Crippen LogP contribution in [-0.4, -0.2) is 9.49 Å². The lowest BCUT2D eigenvalue weighted by atomic mass is 10.1. The molecular formula is C20H13N3O2. The molecule has 1 aromatic heterocycles. The highest BCUT2D eigenvalue weighted by Gasteiger charge is 2.25. The van der Waals surface area contributed by atoms with E-state index in [1.807, 2.05) is 54.6 Å². The van der Waals surface area contributed by atoms with Crippen molar-refractivity contribution in [3.05, 3.63) is 82.9 Å². The van der Waals surface area contributed by atoms with Crippen molar-refractivity contribution >= 4 is 28.0 Å². The summed E-state index contributed by atoms with van der Waals surface area (Å²) < 4.78 is 2.11. The smallest absolute Gasteiger partial charge is 0.278 e. The first-order valence-electron chi connectivity index (χ1n) is 7.99. The molecule has 4 aromatic rings. The van der Waals surface area contributed by atoms with E-state index in [-0.39, 0.29) is 10.6 Å². The molecule has 2 heterocycles. The summed E-state index contributed by atoms with van der Waals surface area (Å²) in [7, 11) is 0. The number of anilines is 2. The maximum atomic E-state index is 11.5. The minimum Gasteiger partial charge on any atom is -0.352 e. The fraction of sp³-hybridized carbons (Fsp3) is 0. The first-order valence-corrected chi connectivity index (χ1v) is 7.99. The molecule has 0 saturated heterocycles. The maximum absolute atomic E-state index is 11.5. The molecule has 0 unspecified atom stereocenters. The Kier molecular flexibility index (Phi) is 2.73. The molecule has 3 aromatic carbocycles. The van der Waals surface area contributed by atoms with Crippen molar-refractivity contribution in [1.29, 1.82) is 0 Å². The lowest BCUT2D eigenvalue weighted by Gasteiger charge is -2.23. The molecule has 5 rings (SSSR count). The van der Waals surface area contributed by atoms with Gasteiger partial charge < -0.3 is 9.88 Å². The Balaban J connectivity index is 1.93. The number of nitrogens with one attached hydrogen (secondary N) is 1. The molecule has 120 valence electrons. The van der Waals surface area contributed by atoms with Gasteiger partial charge in [-0.05, 0) is 30.3 Å². The summed E-state index contributed by atoms with van der Waals surface area (Å²) in [5, 5.41) is 16.0. The van der Waals surface area contributed by atoms with Gasteiger partial charge in [-0.25, -0.2) is 0 Å². The van der Waals surface area contributed by atoms with Crippen molar-refractivity contribution in [2.24, 2.45) is 0 Å². The molecule has 0 amide bonds. The third kappa shape index (κ3) is 1.89. The van der Waals surface area contributed by atoms with E-state index in [2.05, 4.69) is 9.88 Å². The predicted molar refractivity (Wildman–Crippen MR) is 98.6 cm³/mol. The van der Waals surface area contributed by atoms with Gasteiger partial charge in [0.15, 0.2) is 0 Å². The van der Waals surface area contributed by atoms with E-state index in [0.29, 0.717) is 5.56 Å². The molecule has 5 nitrogen and oxygen atoms in total. The van der Waals surface area contributed by atoms with Gasteiger partial charge in [-0.15, -0.1) is 0 Å². The Labute approximate surface area is 143 Å². The summed E-state index contributed by atoms with van der Waals surface area (Å²) in [6.45, 7) is 0. The number of fused-ring (bicyclic) bond motifs is 2. The molecule has 1 aliphatic rings. The third-order valence-electron chi connectivity index (χ3n) is 4.61. The highest BCUT2D eigenvalue weighted by molar-refractivity contribution is 6.02. The van der Waals surface area contributed by atoms with Crippen LogP contribution in [0.5, 0.6) is 0 Å². The van der Waals surface area contributed by atoms with Crippen molar-refractivity contribution < 1.29 is 4.92 Å². The predicted octanol–water partition coefficient (Wildman–Crippen LogP) is 5.26. The van der Waals surface area contributed by atoms with E-state index < -0.39 is 0 Å². The Morgan fingerprint density at radius 1 is 0.880 bits per heavy atom. The second-order valence-electron chi connectivity index (χ2n) is 6.02. The van der Waals surface area contributed by atoms with Crippen molar-refractivity contribution in [2.45, 2.75) is 0 Å². The quantitative estimate of drug-likeness (QED) is 0.355. The summed E-state index contributed by atoms with van der Waals surface area (Å²) in [5.74, 6) is 0. The highest BCUT2D eigenvalue weighted by Crippen LogP contribution is 2.43. The molecule has 0 atom stereocenters. The second kappa shape index (κ2) is 4.95. The number of aromatic nitrogens is 1. The first-order chi connectivity index (χ1) is 12.2. The van der Waals surface area contributed by atoms with Crippen LogP contribution in [0.4, 0.5) is 17.1 Å². The molecular weight excluding hydrogens is 314 g/mol. The van der Waals surface area contributed by atoms with Gasteiger partial charge in [-0.3, -0.25) is 10.1 Å². The standard InChI is InChI=1S/C20H13N3O2/c24-23(25)17-10-3-1-7-14(17)19-12-13-6-5-9-16-20(13)22(19)18-11-4-2-8-15(18)21-16/h1-12,21H. The number of hydrogen-bond acceptors (Lipinski definition) is 3. The average Bonchev–Trinajstić information content (AvgIpc) is 3.03. The second-order valence-corrected chi connectivity index (χ2v) is 6.02. The third-order valence-corrected chi connectivity index (χ3v) is 4.61. The Morgan fingerprint density at radius 3 is 2.52 bits per heavy atom. The van der Waals surface area contributed by atoms with Gasteiger partial charge in [-0.2, -0.15) is 0 Å². The SMILES string of the molecule is O=[N+]([O-])c1ccccc1-c1cc2cccc3c2n1-c1ccccc1N3. The largest absolute Gasteiger partial charge is 0.352 e. The first kappa shape index (κ1) is 13.8. The summed E-state index contributed by atoms with van der Waals surface area (Å²) in [5.41, 5.74) is 5.56. The van der Waals surface area contributed by atoms with Gasteiger partial charge >= 0.3 is 0 Å². The lowest BCUT2D eigenvalue weighted by Crippen LogP contribution is -2.08. The van der Waals surface area contributed by atoms with Gasteiger partial charge in [0, 0.05) is 11.5 Å². The fourth-order valence-electron chi connectivity index (χ4n) is 3.58. The highest BCUT2D eigenvalue weighted by atomic mass is 16.6. The van der Waals surface area contributed by atoms with Crippen LogP contribution >= 0.6 is 0 Å². The zero-order valence-electron chi connectivity index (χ0n) is 13.1. The van der Waals surface area contributed by atoms with Gasteiger partial charge in [0.25, 0.3) is 5.69 Å². The Hall–Kier alpha value is -3.60. The monoisotopic (exact) mass is 327 g/mol. The van der Waals surface area contributed by atoms with Crippen molar-refractivity contribution in [3.8, 4) is 16.9 Å². The molecule has 25 heavy (non-hydrogen) atoms. The molecule has 0 saturated carbocycles. The Morgan fingerprint density at radius 2 is 1.64 bits per heavy atom. The van der Waals surface area contributed by atoms with Crippen LogP contribution in [0.3, 0.4) is 0 Å². The molecule has 5 heteroatoms. The van der Waals surface area contributed by atoms with E-state index in [0.717, 1.165) is 33.7 Å². The van der Waals surface area contributed by atoms with Crippen LogP contribution in [0.1, 0.15) is 0 Å². The zero-order chi connectivity index (χ0) is 17.0. The number of nitro benzene ring substituents is 1. The lowest BCUT2D eigenvalue weighted by molar-refractivity contribution is -0.384. The molecule has 0 fully saturated rings. The van der Waals surface area contributed by atoms with E-state index in [1.54, 1.807) is 18.2 Å². The summed E-state index contributed by atoms with van der Waals surface area (Å²) in [6, 6.07) is 22.9. The number of nitrogens with zero attached hydrogens (tertiary/aromatic N) is 2. The van der Waals surface area contributed by atoms with E-state index >= 15 is 0 Å². The van der Waals surface area contributed by atoms with Gasteiger partial charge in [0.2, 0.25) is 0 Å². The van der Waals surface area contributed by atoms with Gasteiger partial charge in [0.1, 0.15) is 0 Å². The molecule has 0 spiro atoms. The molecule has 1 aliphatic heterocycles. The van der Waals surface area contributed by atoms with Crippen molar-refractivity contribution in [3.63, 3.8) is 0 Å². The summed E-state index contributed by atoms with van der Waals surface area (Å²) in [6.07, 6.45) is 0. The molecule has 0 aliphatic carbocycles. The molecule has 0 bridgehead atoms. The number of para-hydroxylation sites is 4. The van der Waals surface area contributed by atoms with Crippen LogP contribution in [0, 0.1) is 10.1 Å². The number of rotatable bonds is 2. The van der Waals surface area contributed by atoms with Gasteiger partial charge in [-0.1, -0.05) is 36.4 Å². The molecule has 1 N–H and O–H groups in total. The number of hydrogen-bond donors (Lipinski definition) is 1. The fourth-order valence-corrected chi connectivity index (χ4v) is 3.58. The number of benzene rings is 3. The number of nitro groups is 1. The van der Waals surface area contributed by atoms with Gasteiger partial charge in [0.05, 0.1) is 38.8 Å². The summed E-state index contributed by atoms with van der Waals surface area (Å²) in [4.78, 5) is 11.2. The maximum Gasteiger partial charge on any atom is 0.278 e. The molecule has 0 radical (unpaired) electrons. The van der Waals surface area contributed by atoms with E-state index in [4.69, 9.17) is 0 Å². The average molecular weight is 327 g/mol. The van der Waals surface area contributed by atoms with Crippen molar-refractivity contribution in [1.82, 2.24) is 4.57 Å². The summed E-state index contributed by atoms with van der Waals surface area (Å²) >= 11 is 0. The van der Waals surface area contributed by atoms with Crippen LogP contribution in [0.25, 0.3) is 27.8 Å². The van der Waals surface area contributed by atoms with E-state index in [9.17, 15) is 10.1 Å². The van der Waals surface area contributed by atoms with Crippen LogP contribution < -0.4 is 5.32 Å². The zero-order valence-corrected chi connectivity index (χ0v) is 13.1. The van der Waals surface area contributed by atoms with E-state index in [1.165, 1.54) is 0 Å².